The van der Waals surface area contributed by atoms with E-state index in [0.717, 1.165) is 21.9 Å². The molecule has 2 heterocycles. The molecule has 0 radical (unpaired) electrons. The molecule has 1 atom stereocenters. The van der Waals surface area contributed by atoms with Crippen LogP contribution in [0.25, 0.3) is 21.9 Å². The Bertz CT molecular complexity index is 837. The van der Waals surface area contributed by atoms with E-state index in [0.29, 0.717) is 16.9 Å². The highest BCUT2D eigenvalue weighted by Crippen LogP contribution is 2.34. The molecule has 0 unspecified atom stereocenters. The highest BCUT2D eigenvalue weighted by molar-refractivity contribution is 6.05. The van der Waals surface area contributed by atoms with Gasteiger partial charge in [-0.05, 0) is 38.5 Å². The van der Waals surface area contributed by atoms with Crippen LogP contribution >= 0.6 is 0 Å². The van der Waals surface area contributed by atoms with Gasteiger partial charge in [-0.15, -0.1) is 0 Å². The topological polar surface area (TPSA) is 63.6 Å². The Kier molecular flexibility index (Phi) is 2.50. The SMILES string of the molecule is Cc1cc(=O)oc2c1ccc1oc([C@@H](C)O)c(C)c12. The summed E-state index contributed by atoms with van der Waals surface area (Å²) in [5.74, 6) is 0.506. The van der Waals surface area contributed by atoms with E-state index in [9.17, 15) is 9.90 Å². The molecule has 0 aliphatic rings. The van der Waals surface area contributed by atoms with E-state index in [1.807, 2.05) is 26.0 Å². The van der Waals surface area contributed by atoms with Gasteiger partial charge >= 0.3 is 5.63 Å². The fourth-order valence-electron chi connectivity index (χ4n) is 2.52. The minimum atomic E-state index is -0.695. The molecule has 98 valence electrons. The number of furan rings is 1. The van der Waals surface area contributed by atoms with Crippen LogP contribution in [0.1, 0.15) is 29.9 Å². The highest BCUT2D eigenvalue weighted by atomic mass is 16.4. The summed E-state index contributed by atoms with van der Waals surface area (Å²) in [5.41, 5.74) is 2.44. The largest absolute Gasteiger partial charge is 0.458 e. The maximum Gasteiger partial charge on any atom is 0.336 e. The third kappa shape index (κ3) is 1.68. The first-order chi connectivity index (χ1) is 8.99. The Labute approximate surface area is 109 Å². The molecule has 19 heavy (non-hydrogen) atoms. The second kappa shape index (κ2) is 3.96. The average Bonchev–Trinajstić information content (AvgIpc) is 2.67. The van der Waals surface area contributed by atoms with Gasteiger partial charge in [0.25, 0.3) is 0 Å². The molecule has 0 saturated carbocycles. The number of fused-ring (bicyclic) bond motifs is 3. The van der Waals surface area contributed by atoms with Gasteiger partial charge in [0, 0.05) is 17.0 Å². The smallest absolute Gasteiger partial charge is 0.336 e. The van der Waals surface area contributed by atoms with E-state index in [1.165, 1.54) is 6.07 Å². The third-order valence-electron chi connectivity index (χ3n) is 3.43. The van der Waals surface area contributed by atoms with Crippen molar-refractivity contribution in [2.24, 2.45) is 0 Å². The van der Waals surface area contributed by atoms with E-state index in [2.05, 4.69) is 0 Å². The van der Waals surface area contributed by atoms with E-state index < -0.39 is 6.10 Å². The van der Waals surface area contributed by atoms with Crippen molar-refractivity contribution in [1.82, 2.24) is 0 Å². The van der Waals surface area contributed by atoms with Gasteiger partial charge in [-0.25, -0.2) is 4.79 Å². The lowest BCUT2D eigenvalue weighted by Gasteiger charge is -2.01. The Morgan fingerprint density at radius 2 is 1.95 bits per heavy atom. The van der Waals surface area contributed by atoms with Crippen LogP contribution in [0.15, 0.2) is 31.8 Å². The first kappa shape index (κ1) is 12.0. The van der Waals surface area contributed by atoms with Crippen molar-refractivity contribution in [2.75, 3.05) is 0 Å². The second-order valence-electron chi connectivity index (χ2n) is 4.83. The van der Waals surface area contributed by atoms with Crippen LogP contribution in [-0.4, -0.2) is 5.11 Å². The lowest BCUT2D eigenvalue weighted by Crippen LogP contribution is -1.98. The molecule has 1 N–H and O–H groups in total. The molecule has 2 aromatic heterocycles. The summed E-state index contributed by atoms with van der Waals surface area (Å²) in [4.78, 5) is 11.6. The first-order valence-corrected chi connectivity index (χ1v) is 6.13. The van der Waals surface area contributed by atoms with Crippen molar-refractivity contribution in [1.29, 1.82) is 0 Å². The van der Waals surface area contributed by atoms with Gasteiger partial charge in [-0.1, -0.05) is 0 Å². The minimum Gasteiger partial charge on any atom is -0.458 e. The number of aliphatic hydroxyl groups excluding tert-OH is 1. The van der Waals surface area contributed by atoms with Crippen molar-refractivity contribution in [3.63, 3.8) is 0 Å². The van der Waals surface area contributed by atoms with Crippen molar-refractivity contribution >= 4 is 21.9 Å². The maximum absolute atomic E-state index is 11.6. The van der Waals surface area contributed by atoms with Crippen molar-refractivity contribution < 1.29 is 13.9 Å². The molecule has 3 rings (SSSR count). The molecule has 1 aromatic carbocycles. The van der Waals surface area contributed by atoms with Crippen LogP contribution in [0.4, 0.5) is 0 Å². The Morgan fingerprint density at radius 1 is 1.21 bits per heavy atom. The summed E-state index contributed by atoms with van der Waals surface area (Å²) in [6.07, 6.45) is -0.695. The quantitative estimate of drug-likeness (QED) is 0.681. The monoisotopic (exact) mass is 258 g/mol. The summed E-state index contributed by atoms with van der Waals surface area (Å²) in [7, 11) is 0. The molecule has 0 fully saturated rings. The summed E-state index contributed by atoms with van der Waals surface area (Å²) in [6.45, 7) is 5.38. The summed E-state index contributed by atoms with van der Waals surface area (Å²) in [5, 5.41) is 11.3. The predicted octanol–water partition coefficient (Wildman–Crippen LogP) is 3.21. The van der Waals surface area contributed by atoms with Crippen LogP contribution in [0.2, 0.25) is 0 Å². The number of aliphatic hydroxyl groups is 1. The van der Waals surface area contributed by atoms with Crippen LogP contribution in [0.3, 0.4) is 0 Å². The molecule has 3 aromatic rings. The van der Waals surface area contributed by atoms with E-state index >= 15 is 0 Å². The molecule has 0 saturated heterocycles. The normalized spacial score (nSPS) is 13.3. The number of rotatable bonds is 1. The van der Waals surface area contributed by atoms with Gasteiger partial charge < -0.3 is 13.9 Å². The highest BCUT2D eigenvalue weighted by Gasteiger charge is 2.18. The lowest BCUT2D eigenvalue weighted by atomic mass is 10.1. The van der Waals surface area contributed by atoms with E-state index in [-0.39, 0.29) is 5.63 Å². The molecule has 0 aliphatic carbocycles. The standard InChI is InChI=1S/C15H14O4/c1-7-6-12(17)19-15-10(7)4-5-11-13(15)8(2)14(18-11)9(3)16/h4-6,9,16H,1-3H3/t9-/m1/s1. The minimum absolute atomic E-state index is 0.378. The van der Waals surface area contributed by atoms with Gasteiger partial charge in [-0.2, -0.15) is 0 Å². The molecule has 4 nitrogen and oxygen atoms in total. The molecule has 0 amide bonds. The molecular formula is C15H14O4. The molecule has 0 bridgehead atoms. The zero-order valence-corrected chi connectivity index (χ0v) is 11.0. The summed E-state index contributed by atoms with van der Waals surface area (Å²) in [6, 6.07) is 5.17. The zero-order valence-electron chi connectivity index (χ0n) is 11.0. The maximum atomic E-state index is 11.6. The van der Waals surface area contributed by atoms with Crippen LogP contribution in [0.5, 0.6) is 0 Å². The molecule has 4 heteroatoms. The number of benzene rings is 1. The van der Waals surface area contributed by atoms with Gasteiger partial charge in [0.2, 0.25) is 0 Å². The zero-order chi connectivity index (χ0) is 13.7. The van der Waals surface area contributed by atoms with Crippen LogP contribution < -0.4 is 5.63 Å². The Balaban J connectivity index is 2.55. The summed E-state index contributed by atoms with van der Waals surface area (Å²) >= 11 is 0. The number of hydrogen-bond acceptors (Lipinski definition) is 4. The lowest BCUT2D eigenvalue weighted by molar-refractivity contribution is 0.171. The van der Waals surface area contributed by atoms with E-state index in [1.54, 1.807) is 6.92 Å². The average molecular weight is 258 g/mol. The second-order valence-corrected chi connectivity index (χ2v) is 4.83. The fourth-order valence-corrected chi connectivity index (χ4v) is 2.52. The molecular weight excluding hydrogens is 244 g/mol. The van der Waals surface area contributed by atoms with Crippen molar-refractivity contribution in [3.8, 4) is 0 Å². The van der Waals surface area contributed by atoms with Gasteiger partial charge in [0.05, 0.1) is 5.39 Å². The Hall–Kier alpha value is -2.07. The van der Waals surface area contributed by atoms with Crippen LogP contribution in [0, 0.1) is 13.8 Å². The Morgan fingerprint density at radius 3 is 2.63 bits per heavy atom. The van der Waals surface area contributed by atoms with Crippen molar-refractivity contribution in [2.45, 2.75) is 26.9 Å². The van der Waals surface area contributed by atoms with Crippen molar-refractivity contribution in [3.05, 3.63) is 45.5 Å². The van der Waals surface area contributed by atoms with E-state index in [4.69, 9.17) is 8.83 Å². The third-order valence-corrected chi connectivity index (χ3v) is 3.43. The van der Waals surface area contributed by atoms with Gasteiger partial charge in [0.15, 0.2) is 0 Å². The number of aryl methyl sites for hydroxylation is 2. The summed E-state index contributed by atoms with van der Waals surface area (Å²) < 4.78 is 11.0. The molecule has 0 spiro atoms. The van der Waals surface area contributed by atoms with Gasteiger partial charge in [-0.3, -0.25) is 0 Å². The predicted molar refractivity (Wildman–Crippen MR) is 72.4 cm³/mol. The first-order valence-electron chi connectivity index (χ1n) is 6.13. The van der Waals surface area contributed by atoms with Crippen LogP contribution in [-0.2, 0) is 0 Å². The van der Waals surface area contributed by atoms with Gasteiger partial charge in [0.1, 0.15) is 23.0 Å². The number of hydrogen-bond donors (Lipinski definition) is 1. The molecule has 0 aliphatic heterocycles. The fraction of sp³-hybridized carbons (Fsp3) is 0.267.